The minimum atomic E-state index is -0.0223. The maximum absolute atomic E-state index is 12.2. The Kier molecular flexibility index (Phi) is 4.75. The van der Waals surface area contributed by atoms with Gasteiger partial charge < -0.3 is 10.6 Å². The van der Waals surface area contributed by atoms with E-state index in [1.807, 2.05) is 30.3 Å². The molecule has 2 N–H and O–H groups in total. The third-order valence-corrected chi connectivity index (χ3v) is 3.97. The molecular weight excluding hydrogens is 298 g/mol. The Labute approximate surface area is 141 Å². The lowest BCUT2D eigenvalue weighted by atomic mass is 10.1. The minimum Gasteiger partial charge on any atom is -0.384 e. The highest BCUT2D eigenvalue weighted by Gasteiger charge is 2.07. The highest BCUT2D eigenvalue weighted by atomic mass is 16.1. The molecule has 1 aromatic heterocycles. The van der Waals surface area contributed by atoms with Gasteiger partial charge >= 0.3 is 0 Å². The van der Waals surface area contributed by atoms with Crippen LogP contribution in [-0.2, 0) is 4.79 Å². The third-order valence-electron chi connectivity index (χ3n) is 3.97. The van der Waals surface area contributed by atoms with Gasteiger partial charge in [0.1, 0.15) is 0 Å². The van der Waals surface area contributed by atoms with Crippen molar-refractivity contribution < 1.29 is 4.79 Å². The topological polar surface area (TPSA) is 54.0 Å². The molecule has 122 valence electrons. The summed E-state index contributed by atoms with van der Waals surface area (Å²) in [6, 6.07) is 15.9. The van der Waals surface area contributed by atoms with Crippen molar-refractivity contribution in [3.05, 3.63) is 65.9 Å². The van der Waals surface area contributed by atoms with Crippen molar-refractivity contribution in [1.29, 1.82) is 0 Å². The first-order valence-electron chi connectivity index (χ1n) is 8.08. The number of carbonyl (C=O) groups is 1. The average molecular weight is 319 g/mol. The van der Waals surface area contributed by atoms with Gasteiger partial charge in [-0.25, -0.2) is 0 Å². The fourth-order valence-electron chi connectivity index (χ4n) is 2.65. The molecule has 0 aliphatic carbocycles. The minimum absolute atomic E-state index is 0.0223. The van der Waals surface area contributed by atoms with E-state index in [0.29, 0.717) is 13.0 Å². The third kappa shape index (κ3) is 3.71. The number of carbonyl (C=O) groups excluding carboxylic acids is 1. The predicted octanol–water partition coefficient (Wildman–Crippen LogP) is 4.29. The van der Waals surface area contributed by atoms with Crippen LogP contribution in [0.15, 0.2) is 54.7 Å². The SMILES string of the molecule is Cc1ccc(C)c(NCCC(=O)Nc2cccc3cccnc23)c1. The van der Waals surface area contributed by atoms with Gasteiger partial charge in [0.15, 0.2) is 0 Å². The Balaban J connectivity index is 1.60. The summed E-state index contributed by atoms with van der Waals surface area (Å²) in [5, 5.41) is 7.30. The molecule has 4 nitrogen and oxygen atoms in total. The second-order valence-corrected chi connectivity index (χ2v) is 5.92. The van der Waals surface area contributed by atoms with Crippen molar-refractivity contribution in [1.82, 2.24) is 4.98 Å². The van der Waals surface area contributed by atoms with Crippen LogP contribution in [0.2, 0.25) is 0 Å². The normalized spacial score (nSPS) is 10.6. The van der Waals surface area contributed by atoms with Gasteiger partial charge in [-0.15, -0.1) is 0 Å². The lowest BCUT2D eigenvalue weighted by molar-refractivity contribution is -0.115. The van der Waals surface area contributed by atoms with Gasteiger partial charge in [0.25, 0.3) is 0 Å². The van der Waals surface area contributed by atoms with Crippen molar-refractivity contribution in [2.45, 2.75) is 20.3 Å². The van der Waals surface area contributed by atoms with Crippen LogP contribution >= 0.6 is 0 Å². The number of fused-ring (bicyclic) bond motifs is 1. The van der Waals surface area contributed by atoms with Crippen LogP contribution in [0.1, 0.15) is 17.5 Å². The molecule has 0 spiro atoms. The number of aryl methyl sites for hydroxylation is 2. The number of anilines is 2. The molecule has 4 heteroatoms. The van der Waals surface area contributed by atoms with E-state index >= 15 is 0 Å². The Morgan fingerprint density at radius 2 is 1.88 bits per heavy atom. The Morgan fingerprint density at radius 1 is 1.04 bits per heavy atom. The molecule has 0 fully saturated rings. The largest absolute Gasteiger partial charge is 0.384 e. The van der Waals surface area contributed by atoms with Gasteiger partial charge in [-0.3, -0.25) is 9.78 Å². The maximum Gasteiger partial charge on any atom is 0.226 e. The van der Waals surface area contributed by atoms with Crippen LogP contribution < -0.4 is 10.6 Å². The van der Waals surface area contributed by atoms with E-state index in [0.717, 1.165) is 22.3 Å². The Morgan fingerprint density at radius 3 is 2.75 bits per heavy atom. The molecule has 1 amide bonds. The molecule has 0 unspecified atom stereocenters. The van der Waals surface area contributed by atoms with Crippen molar-refractivity contribution in [2.24, 2.45) is 0 Å². The van der Waals surface area contributed by atoms with Gasteiger partial charge in [-0.2, -0.15) is 0 Å². The first-order valence-corrected chi connectivity index (χ1v) is 8.08. The first-order chi connectivity index (χ1) is 11.6. The highest BCUT2D eigenvalue weighted by Crippen LogP contribution is 2.21. The molecule has 0 aliphatic heterocycles. The smallest absolute Gasteiger partial charge is 0.226 e. The molecule has 24 heavy (non-hydrogen) atoms. The number of benzene rings is 2. The summed E-state index contributed by atoms with van der Waals surface area (Å²) in [6.45, 7) is 4.71. The molecule has 0 radical (unpaired) electrons. The second-order valence-electron chi connectivity index (χ2n) is 5.92. The summed E-state index contributed by atoms with van der Waals surface area (Å²) in [5.41, 5.74) is 5.03. The number of aromatic nitrogens is 1. The fraction of sp³-hybridized carbons (Fsp3) is 0.200. The number of pyridine rings is 1. The zero-order valence-corrected chi connectivity index (χ0v) is 14.0. The standard InChI is InChI=1S/C20H21N3O/c1-14-8-9-15(2)18(13-14)21-12-10-19(24)23-17-7-3-5-16-6-4-11-22-20(16)17/h3-9,11,13,21H,10,12H2,1-2H3,(H,23,24). The van der Waals surface area contributed by atoms with Crippen LogP contribution in [0.5, 0.6) is 0 Å². The highest BCUT2D eigenvalue weighted by molar-refractivity contribution is 6.00. The number of hydrogen-bond donors (Lipinski definition) is 2. The van der Waals surface area contributed by atoms with Crippen LogP contribution in [0.25, 0.3) is 10.9 Å². The maximum atomic E-state index is 12.2. The average Bonchev–Trinajstić information content (AvgIpc) is 2.58. The molecule has 2 aromatic carbocycles. The summed E-state index contributed by atoms with van der Waals surface area (Å²) >= 11 is 0. The van der Waals surface area contributed by atoms with Crippen LogP contribution in [0.4, 0.5) is 11.4 Å². The van der Waals surface area contributed by atoms with Gasteiger partial charge in [0.2, 0.25) is 5.91 Å². The van der Waals surface area contributed by atoms with Crippen LogP contribution in [0.3, 0.4) is 0 Å². The fourth-order valence-corrected chi connectivity index (χ4v) is 2.65. The van der Waals surface area contributed by atoms with Crippen molar-refractivity contribution in [3.63, 3.8) is 0 Å². The molecule has 0 aliphatic rings. The first kappa shape index (κ1) is 16.0. The van der Waals surface area contributed by atoms with Crippen molar-refractivity contribution >= 4 is 28.2 Å². The van der Waals surface area contributed by atoms with Crippen molar-refractivity contribution in [3.8, 4) is 0 Å². The molecule has 0 saturated carbocycles. The van der Waals surface area contributed by atoms with E-state index in [9.17, 15) is 4.79 Å². The van der Waals surface area contributed by atoms with E-state index in [-0.39, 0.29) is 5.91 Å². The summed E-state index contributed by atoms with van der Waals surface area (Å²) in [5.74, 6) is -0.0223. The summed E-state index contributed by atoms with van der Waals surface area (Å²) in [4.78, 5) is 16.6. The van der Waals surface area contributed by atoms with Gasteiger partial charge in [0, 0.05) is 30.2 Å². The van der Waals surface area contributed by atoms with E-state index in [4.69, 9.17) is 0 Å². The Hall–Kier alpha value is -2.88. The molecule has 1 heterocycles. The predicted molar refractivity (Wildman–Crippen MR) is 99.4 cm³/mol. The number of hydrogen-bond acceptors (Lipinski definition) is 3. The summed E-state index contributed by atoms with van der Waals surface area (Å²) in [6.07, 6.45) is 2.14. The molecular formula is C20H21N3O. The van der Waals surface area contributed by atoms with E-state index in [1.165, 1.54) is 11.1 Å². The van der Waals surface area contributed by atoms with Crippen molar-refractivity contribution in [2.75, 3.05) is 17.2 Å². The molecule has 3 aromatic rings. The van der Waals surface area contributed by atoms with E-state index in [2.05, 4.69) is 47.7 Å². The molecule has 0 saturated heterocycles. The van der Waals surface area contributed by atoms with Crippen LogP contribution in [-0.4, -0.2) is 17.4 Å². The summed E-state index contributed by atoms with van der Waals surface area (Å²) < 4.78 is 0. The summed E-state index contributed by atoms with van der Waals surface area (Å²) in [7, 11) is 0. The molecule has 0 bridgehead atoms. The Bertz CT molecular complexity index is 868. The monoisotopic (exact) mass is 319 g/mol. The van der Waals surface area contributed by atoms with Gasteiger partial charge in [-0.1, -0.05) is 30.3 Å². The van der Waals surface area contributed by atoms with Gasteiger partial charge in [-0.05, 0) is 43.2 Å². The molecule has 0 atom stereocenters. The zero-order valence-electron chi connectivity index (χ0n) is 14.0. The molecule has 3 rings (SSSR count). The van der Waals surface area contributed by atoms with Gasteiger partial charge in [0.05, 0.1) is 11.2 Å². The number of amides is 1. The lowest BCUT2D eigenvalue weighted by Crippen LogP contribution is -2.16. The van der Waals surface area contributed by atoms with E-state index < -0.39 is 0 Å². The number of nitrogens with zero attached hydrogens (tertiary/aromatic N) is 1. The van der Waals surface area contributed by atoms with Crippen LogP contribution in [0, 0.1) is 13.8 Å². The number of nitrogens with one attached hydrogen (secondary N) is 2. The second kappa shape index (κ2) is 7.13. The zero-order chi connectivity index (χ0) is 16.9. The number of para-hydroxylation sites is 1. The number of rotatable bonds is 5. The van der Waals surface area contributed by atoms with E-state index in [1.54, 1.807) is 6.20 Å². The lowest BCUT2D eigenvalue weighted by Gasteiger charge is -2.11. The quantitative estimate of drug-likeness (QED) is 0.737.